The second kappa shape index (κ2) is 3.97. The summed E-state index contributed by atoms with van der Waals surface area (Å²) in [7, 11) is 0. The fourth-order valence-corrected chi connectivity index (χ4v) is 1.73. The number of aromatic hydroxyl groups is 1. The molecule has 2 aromatic rings. The Kier molecular flexibility index (Phi) is 2.65. The van der Waals surface area contributed by atoms with Crippen molar-refractivity contribution >= 4 is 0 Å². The Hall–Kier alpha value is -1.83. The molecule has 0 aliphatic heterocycles. The summed E-state index contributed by atoms with van der Waals surface area (Å²) in [5.74, 6) is 0.0177. The average molecular weight is 216 g/mol. The Morgan fingerprint density at radius 3 is 2.38 bits per heavy atom. The molecular formula is C14H13FO. The molecule has 0 fully saturated rings. The highest BCUT2D eigenvalue weighted by Crippen LogP contribution is 2.28. The fraction of sp³-hybridized carbons (Fsp3) is 0.143. The third kappa shape index (κ3) is 1.91. The van der Waals surface area contributed by atoms with Gasteiger partial charge in [0.2, 0.25) is 0 Å². The lowest BCUT2D eigenvalue weighted by molar-refractivity contribution is 0.471. The first kappa shape index (κ1) is 10.7. The summed E-state index contributed by atoms with van der Waals surface area (Å²) >= 11 is 0. The smallest absolute Gasteiger partial charge is 0.123 e. The van der Waals surface area contributed by atoms with Crippen LogP contribution in [0.2, 0.25) is 0 Å². The molecule has 0 aliphatic carbocycles. The van der Waals surface area contributed by atoms with Crippen LogP contribution in [0.1, 0.15) is 11.1 Å². The van der Waals surface area contributed by atoms with Crippen molar-refractivity contribution in [3.8, 4) is 16.9 Å². The topological polar surface area (TPSA) is 20.2 Å². The molecule has 0 radical (unpaired) electrons. The fourth-order valence-electron chi connectivity index (χ4n) is 1.73. The molecule has 0 amide bonds. The highest BCUT2D eigenvalue weighted by molar-refractivity contribution is 5.68. The minimum absolute atomic E-state index is 0.244. The number of benzene rings is 2. The number of phenols is 1. The van der Waals surface area contributed by atoms with Gasteiger partial charge in [-0.15, -0.1) is 0 Å². The van der Waals surface area contributed by atoms with Crippen molar-refractivity contribution in [3.05, 3.63) is 53.3 Å². The van der Waals surface area contributed by atoms with Gasteiger partial charge in [0.1, 0.15) is 11.6 Å². The average Bonchev–Trinajstić information content (AvgIpc) is 2.26. The Labute approximate surface area is 94.2 Å². The molecule has 0 bridgehead atoms. The molecule has 16 heavy (non-hydrogen) atoms. The molecule has 0 saturated carbocycles. The Balaban J connectivity index is 2.58. The standard InChI is InChI=1S/C14H13FO/c1-9-3-5-12(15)8-13(9)11-4-6-14(16)10(2)7-11/h3-8,16H,1-2H3. The Bertz CT molecular complexity index is 532. The normalized spacial score (nSPS) is 10.4. The molecule has 2 rings (SSSR count). The molecule has 0 atom stereocenters. The van der Waals surface area contributed by atoms with Crippen LogP contribution in [0.5, 0.6) is 5.75 Å². The van der Waals surface area contributed by atoms with Crippen LogP contribution in [0.15, 0.2) is 36.4 Å². The third-order valence-electron chi connectivity index (χ3n) is 2.71. The van der Waals surface area contributed by atoms with Crippen LogP contribution in [-0.4, -0.2) is 5.11 Å². The number of aryl methyl sites for hydroxylation is 2. The van der Waals surface area contributed by atoms with E-state index in [2.05, 4.69) is 0 Å². The van der Waals surface area contributed by atoms with Crippen molar-refractivity contribution in [2.45, 2.75) is 13.8 Å². The first-order valence-electron chi connectivity index (χ1n) is 5.14. The van der Waals surface area contributed by atoms with Crippen LogP contribution in [0.25, 0.3) is 11.1 Å². The maximum Gasteiger partial charge on any atom is 0.123 e. The monoisotopic (exact) mass is 216 g/mol. The summed E-state index contributed by atoms with van der Waals surface area (Å²) in [6.45, 7) is 3.77. The van der Waals surface area contributed by atoms with Crippen LogP contribution in [0.4, 0.5) is 4.39 Å². The molecule has 0 spiro atoms. The van der Waals surface area contributed by atoms with Gasteiger partial charge in [-0.25, -0.2) is 4.39 Å². The van der Waals surface area contributed by atoms with Gasteiger partial charge >= 0.3 is 0 Å². The maximum absolute atomic E-state index is 13.2. The van der Waals surface area contributed by atoms with Crippen LogP contribution >= 0.6 is 0 Å². The molecule has 2 aromatic carbocycles. The molecule has 82 valence electrons. The lowest BCUT2D eigenvalue weighted by atomic mass is 9.99. The molecule has 0 aromatic heterocycles. The van der Waals surface area contributed by atoms with Gasteiger partial charge in [0.25, 0.3) is 0 Å². The summed E-state index contributed by atoms with van der Waals surface area (Å²) in [6, 6.07) is 10.0. The summed E-state index contributed by atoms with van der Waals surface area (Å²) in [5, 5.41) is 9.44. The first-order valence-corrected chi connectivity index (χ1v) is 5.14. The quantitative estimate of drug-likeness (QED) is 0.768. The summed E-state index contributed by atoms with van der Waals surface area (Å²) in [6.07, 6.45) is 0. The van der Waals surface area contributed by atoms with Crippen LogP contribution in [0, 0.1) is 19.7 Å². The largest absolute Gasteiger partial charge is 0.508 e. The molecule has 0 aliphatic rings. The SMILES string of the molecule is Cc1cc(-c2cc(F)ccc2C)ccc1O. The van der Waals surface area contributed by atoms with Crippen LogP contribution in [0.3, 0.4) is 0 Å². The molecular weight excluding hydrogens is 203 g/mol. The highest BCUT2D eigenvalue weighted by atomic mass is 19.1. The zero-order valence-corrected chi connectivity index (χ0v) is 9.29. The zero-order chi connectivity index (χ0) is 11.7. The molecule has 0 unspecified atom stereocenters. The van der Waals surface area contributed by atoms with Crippen molar-refractivity contribution in [2.24, 2.45) is 0 Å². The highest BCUT2D eigenvalue weighted by Gasteiger charge is 2.05. The van der Waals surface area contributed by atoms with E-state index in [9.17, 15) is 9.50 Å². The Morgan fingerprint density at radius 2 is 1.69 bits per heavy atom. The molecule has 2 heteroatoms. The van der Waals surface area contributed by atoms with Crippen LogP contribution in [-0.2, 0) is 0 Å². The number of rotatable bonds is 1. The van der Waals surface area contributed by atoms with Gasteiger partial charge in [0.15, 0.2) is 0 Å². The summed E-state index contributed by atoms with van der Waals surface area (Å²) in [5.41, 5.74) is 3.60. The number of hydrogen-bond acceptors (Lipinski definition) is 1. The van der Waals surface area contributed by atoms with Crippen molar-refractivity contribution in [2.75, 3.05) is 0 Å². The van der Waals surface area contributed by atoms with E-state index in [1.54, 1.807) is 18.2 Å². The number of phenolic OH excluding ortho intramolecular Hbond substituents is 1. The van der Waals surface area contributed by atoms with Crippen LogP contribution < -0.4 is 0 Å². The van der Waals surface area contributed by atoms with Crippen molar-refractivity contribution in [3.63, 3.8) is 0 Å². The number of halogens is 1. The first-order chi connectivity index (χ1) is 7.58. The van der Waals surface area contributed by atoms with E-state index in [0.717, 1.165) is 22.3 Å². The van der Waals surface area contributed by atoms with Gasteiger partial charge in [-0.05, 0) is 60.4 Å². The third-order valence-corrected chi connectivity index (χ3v) is 2.71. The predicted molar refractivity (Wildman–Crippen MR) is 63.0 cm³/mol. The molecule has 0 heterocycles. The van der Waals surface area contributed by atoms with Gasteiger partial charge in [-0.3, -0.25) is 0 Å². The Morgan fingerprint density at radius 1 is 0.938 bits per heavy atom. The predicted octanol–water partition coefficient (Wildman–Crippen LogP) is 3.82. The van der Waals surface area contributed by atoms with Gasteiger partial charge in [-0.2, -0.15) is 0 Å². The van der Waals surface area contributed by atoms with E-state index < -0.39 is 0 Å². The van der Waals surface area contributed by atoms with Gasteiger partial charge in [-0.1, -0.05) is 12.1 Å². The second-order valence-corrected chi connectivity index (χ2v) is 3.96. The molecule has 0 saturated heterocycles. The minimum atomic E-state index is -0.244. The lowest BCUT2D eigenvalue weighted by Gasteiger charge is -2.08. The summed E-state index contributed by atoms with van der Waals surface area (Å²) in [4.78, 5) is 0. The van der Waals surface area contributed by atoms with Crippen molar-refractivity contribution in [1.29, 1.82) is 0 Å². The minimum Gasteiger partial charge on any atom is -0.508 e. The van der Waals surface area contributed by atoms with E-state index in [0.29, 0.717) is 0 Å². The van der Waals surface area contributed by atoms with Crippen molar-refractivity contribution < 1.29 is 9.50 Å². The van der Waals surface area contributed by atoms with Crippen molar-refractivity contribution in [1.82, 2.24) is 0 Å². The van der Waals surface area contributed by atoms with Gasteiger partial charge < -0.3 is 5.11 Å². The van der Waals surface area contributed by atoms with E-state index in [1.165, 1.54) is 12.1 Å². The second-order valence-electron chi connectivity index (χ2n) is 3.96. The van der Waals surface area contributed by atoms with Gasteiger partial charge in [0.05, 0.1) is 0 Å². The van der Waals surface area contributed by atoms with Gasteiger partial charge in [0, 0.05) is 0 Å². The van der Waals surface area contributed by atoms with E-state index in [4.69, 9.17) is 0 Å². The van der Waals surface area contributed by atoms with E-state index in [1.807, 2.05) is 19.9 Å². The zero-order valence-electron chi connectivity index (χ0n) is 9.29. The number of hydrogen-bond donors (Lipinski definition) is 1. The maximum atomic E-state index is 13.2. The molecule has 1 N–H and O–H groups in total. The van der Waals surface area contributed by atoms with E-state index in [-0.39, 0.29) is 11.6 Å². The molecule has 1 nitrogen and oxygen atoms in total. The lowest BCUT2D eigenvalue weighted by Crippen LogP contribution is -1.86. The van der Waals surface area contributed by atoms with E-state index >= 15 is 0 Å². The summed E-state index contributed by atoms with van der Waals surface area (Å²) < 4.78 is 13.2.